The summed E-state index contributed by atoms with van der Waals surface area (Å²) in [7, 11) is 0. The first-order valence-corrected chi connectivity index (χ1v) is 3.89. The molecule has 0 saturated carbocycles. The van der Waals surface area contributed by atoms with Crippen LogP contribution in [0.1, 0.15) is 6.92 Å². The number of rotatable bonds is 3. The van der Waals surface area contributed by atoms with Crippen LogP contribution in [0.4, 0.5) is 0 Å². The fraction of sp³-hybridized carbons (Fsp3) is 0.400. The van der Waals surface area contributed by atoms with Gasteiger partial charge in [0.25, 0.3) is 0 Å². The summed E-state index contributed by atoms with van der Waals surface area (Å²) in [5.41, 5.74) is 5.03. The Morgan fingerprint density at radius 1 is 1.91 bits per heavy atom. The van der Waals surface area contributed by atoms with E-state index in [1.54, 1.807) is 6.92 Å². The third-order valence-corrected chi connectivity index (χ3v) is 2.09. The van der Waals surface area contributed by atoms with Gasteiger partial charge in [0.05, 0.1) is 5.25 Å². The van der Waals surface area contributed by atoms with Crippen LogP contribution in [0.5, 0.6) is 0 Å². The molecule has 0 saturated heterocycles. The lowest BCUT2D eigenvalue weighted by molar-refractivity contribution is -0.117. The Balaban J connectivity index is 2.50. The molecule has 1 amide bonds. The largest absolute Gasteiger partial charge is 0.369 e. The molecule has 11 heavy (non-hydrogen) atoms. The van der Waals surface area contributed by atoms with Crippen LogP contribution in [0.2, 0.25) is 0 Å². The molecule has 0 radical (unpaired) electrons. The number of amides is 1. The number of aromatic nitrogens is 3. The van der Waals surface area contributed by atoms with E-state index in [0.29, 0.717) is 5.16 Å². The fourth-order valence-corrected chi connectivity index (χ4v) is 1.14. The second-order valence-corrected chi connectivity index (χ2v) is 3.28. The number of primary amides is 1. The molecular weight excluding hydrogens is 164 g/mol. The fourth-order valence-electron chi connectivity index (χ4n) is 0.477. The molecule has 1 aromatic rings. The van der Waals surface area contributed by atoms with E-state index < -0.39 is 0 Å². The number of nitrogens with one attached hydrogen (secondary N) is 1. The maximum atomic E-state index is 10.6. The maximum absolute atomic E-state index is 10.6. The lowest BCUT2D eigenvalue weighted by Gasteiger charge is -2.01. The number of thioether (sulfide) groups is 1. The predicted molar refractivity (Wildman–Crippen MR) is 40.9 cm³/mol. The van der Waals surface area contributed by atoms with Gasteiger partial charge in [-0.1, -0.05) is 11.8 Å². The van der Waals surface area contributed by atoms with E-state index in [1.807, 2.05) is 0 Å². The van der Waals surface area contributed by atoms with E-state index in [4.69, 9.17) is 5.73 Å². The van der Waals surface area contributed by atoms with Crippen LogP contribution in [0.3, 0.4) is 0 Å². The molecule has 0 spiro atoms. The molecule has 0 aliphatic carbocycles. The van der Waals surface area contributed by atoms with Gasteiger partial charge in [-0.3, -0.25) is 9.89 Å². The van der Waals surface area contributed by atoms with E-state index in [0.717, 1.165) is 0 Å². The van der Waals surface area contributed by atoms with Gasteiger partial charge >= 0.3 is 0 Å². The van der Waals surface area contributed by atoms with E-state index in [-0.39, 0.29) is 11.2 Å². The summed E-state index contributed by atoms with van der Waals surface area (Å²) in [6.45, 7) is 1.72. The van der Waals surface area contributed by atoms with Crippen molar-refractivity contribution in [3.63, 3.8) is 0 Å². The van der Waals surface area contributed by atoms with Crippen molar-refractivity contribution in [2.24, 2.45) is 5.73 Å². The van der Waals surface area contributed by atoms with Crippen LogP contribution in [0, 0.1) is 0 Å². The van der Waals surface area contributed by atoms with E-state index in [1.165, 1.54) is 18.1 Å². The maximum Gasteiger partial charge on any atom is 0.230 e. The summed E-state index contributed by atoms with van der Waals surface area (Å²) in [5.74, 6) is -0.355. The van der Waals surface area contributed by atoms with Crippen molar-refractivity contribution >= 4 is 17.7 Å². The highest BCUT2D eigenvalue weighted by Crippen LogP contribution is 2.16. The van der Waals surface area contributed by atoms with E-state index >= 15 is 0 Å². The predicted octanol–water partition coefficient (Wildman–Crippen LogP) is -0.229. The molecule has 0 bridgehead atoms. The number of nitrogens with two attached hydrogens (primary N) is 1. The van der Waals surface area contributed by atoms with Gasteiger partial charge in [0.1, 0.15) is 6.33 Å². The minimum atomic E-state index is -0.355. The van der Waals surface area contributed by atoms with Crippen molar-refractivity contribution in [2.75, 3.05) is 0 Å². The van der Waals surface area contributed by atoms with E-state index in [2.05, 4.69) is 15.2 Å². The normalized spacial score (nSPS) is 12.8. The average Bonchev–Trinajstić information content (AvgIpc) is 2.39. The molecule has 1 rings (SSSR count). The van der Waals surface area contributed by atoms with E-state index in [9.17, 15) is 4.79 Å². The Bertz CT molecular complexity index is 235. The molecule has 0 fully saturated rings. The van der Waals surface area contributed by atoms with Gasteiger partial charge in [0.2, 0.25) is 5.91 Å². The number of H-pyrrole nitrogens is 1. The third-order valence-electron chi connectivity index (χ3n) is 1.08. The molecule has 0 aliphatic heterocycles. The Kier molecular flexibility index (Phi) is 2.48. The first-order valence-electron chi connectivity index (χ1n) is 3.01. The van der Waals surface area contributed by atoms with Crippen molar-refractivity contribution < 1.29 is 4.79 Å². The van der Waals surface area contributed by atoms with Crippen molar-refractivity contribution in [3.05, 3.63) is 6.33 Å². The van der Waals surface area contributed by atoms with Crippen LogP contribution in [0.15, 0.2) is 11.5 Å². The summed E-state index contributed by atoms with van der Waals surface area (Å²) in [4.78, 5) is 14.4. The topological polar surface area (TPSA) is 84.7 Å². The number of hydrogen-bond donors (Lipinski definition) is 2. The van der Waals surface area contributed by atoms with Gasteiger partial charge in [-0.05, 0) is 6.92 Å². The van der Waals surface area contributed by atoms with Crippen LogP contribution >= 0.6 is 11.8 Å². The molecule has 1 unspecified atom stereocenters. The standard InChI is InChI=1S/C5H8N4OS/c1-3(4(6)10)11-5-7-2-8-9-5/h2-3H,1H3,(H2,6,10)(H,7,8,9). The summed E-state index contributed by atoms with van der Waals surface area (Å²) in [6.07, 6.45) is 1.38. The molecular formula is C5H8N4OS. The lowest BCUT2D eigenvalue weighted by Crippen LogP contribution is -2.22. The van der Waals surface area contributed by atoms with Crippen LogP contribution in [-0.2, 0) is 4.79 Å². The molecule has 3 N–H and O–H groups in total. The minimum absolute atomic E-state index is 0.275. The molecule has 1 heterocycles. The molecule has 0 aliphatic rings. The average molecular weight is 172 g/mol. The Morgan fingerprint density at radius 3 is 3.09 bits per heavy atom. The van der Waals surface area contributed by atoms with Gasteiger partial charge in [-0.25, -0.2) is 4.98 Å². The van der Waals surface area contributed by atoms with Crippen LogP contribution < -0.4 is 5.73 Å². The number of nitrogens with zero attached hydrogens (tertiary/aromatic N) is 2. The molecule has 6 heteroatoms. The highest BCUT2D eigenvalue weighted by Gasteiger charge is 2.11. The Labute approximate surface area is 67.8 Å². The van der Waals surface area contributed by atoms with Gasteiger partial charge in [-0.15, -0.1) is 0 Å². The molecule has 1 aromatic heterocycles. The molecule has 5 nitrogen and oxygen atoms in total. The second kappa shape index (κ2) is 3.38. The van der Waals surface area contributed by atoms with Crippen LogP contribution in [0.25, 0.3) is 0 Å². The minimum Gasteiger partial charge on any atom is -0.369 e. The summed E-state index contributed by atoms with van der Waals surface area (Å²) >= 11 is 1.25. The zero-order valence-corrected chi connectivity index (χ0v) is 6.76. The zero-order valence-electron chi connectivity index (χ0n) is 5.94. The van der Waals surface area contributed by atoms with Gasteiger partial charge < -0.3 is 5.73 Å². The smallest absolute Gasteiger partial charge is 0.230 e. The number of aromatic amines is 1. The summed E-state index contributed by atoms with van der Waals surface area (Å²) in [6, 6.07) is 0. The third kappa shape index (κ3) is 2.23. The SMILES string of the molecule is CC(Sc1ncn[nH]1)C(N)=O. The van der Waals surface area contributed by atoms with Crippen molar-refractivity contribution in [1.29, 1.82) is 0 Å². The Morgan fingerprint density at radius 2 is 2.64 bits per heavy atom. The highest BCUT2D eigenvalue weighted by molar-refractivity contribution is 8.00. The number of carbonyl (C=O) groups excluding carboxylic acids is 1. The quantitative estimate of drug-likeness (QED) is 0.617. The lowest BCUT2D eigenvalue weighted by atomic mass is 10.5. The number of hydrogen-bond acceptors (Lipinski definition) is 4. The summed E-state index contributed by atoms with van der Waals surface area (Å²) in [5, 5.41) is 6.58. The Hall–Kier alpha value is -1.04. The van der Waals surface area contributed by atoms with Crippen molar-refractivity contribution in [2.45, 2.75) is 17.3 Å². The molecule has 60 valence electrons. The molecule has 1 atom stereocenters. The number of carbonyl (C=O) groups is 1. The summed E-state index contributed by atoms with van der Waals surface area (Å²) < 4.78 is 0. The first kappa shape index (κ1) is 8.06. The van der Waals surface area contributed by atoms with Crippen molar-refractivity contribution in [3.8, 4) is 0 Å². The van der Waals surface area contributed by atoms with Gasteiger partial charge in [0, 0.05) is 0 Å². The van der Waals surface area contributed by atoms with Crippen molar-refractivity contribution in [1.82, 2.24) is 15.2 Å². The zero-order chi connectivity index (χ0) is 8.27. The molecule has 0 aromatic carbocycles. The van der Waals surface area contributed by atoms with Gasteiger partial charge in [-0.2, -0.15) is 5.10 Å². The van der Waals surface area contributed by atoms with Gasteiger partial charge in [0.15, 0.2) is 5.16 Å². The second-order valence-electron chi connectivity index (χ2n) is 1.95. The first-order chi connectivity index (χ1) is 5.20. The van der Waals surface area contributed by atoms with Crippen LogP contribution in [-0.4, -0.2) is 26.3 Å². The monoisotopic (exact) mass is 172 g/mol. The highest BCUT2D eigenvalue weighted by atomic mass is 32.2.